The van der Waals surface area contributed by atoms with Gasteiger partial charge in [0.05, 0.1) is 5.56 Å². The molecule has 0 aliphatic heterocycles. The van der Waals surface area contributed by atoms with Crippen LogP contribution < -0.4 is 5.32 Å². The number of amides is 1. The van der Waals surface area contributed by atoms with Gasteiger partial charge in [0, 0.05) is 5.69 Å². The van der Waals surface area contributed by atoms with Crippen LogP contribution in [0, 0.1) is 5.82 Å². The van der Waals surface area contributed by atoms with Crippen molar-refractivity contribution in [2.24, 2.45) is 0 Å². The van der Waals surface area contributed by atoms with Gasteiger partial charge in [-0.15, -0.1) is 0 Å². The average Bonchev–Trinajstić information content (AvgIpc) is 2.50. The second kappa shape index (κ2) is 5.56. The van der Waals surface area contributed by atoms with Crippen LogP contribution in [0.15, 0.2) is 36.4 Å². The first kappa shape index (κ1) is 13.6. The SMILES string of the molecule is O=C(Nc1cccc2c1CCCC2)c1cc(F)ccc1O. The number of phenols is 1. The Hall–Kier alpha value is -2.36. The minimum absolute atomic E-state index is 0.0524. The van der Waals surface area contributed by atoms with E-state index in [4.69, 9.17) is 0 Å². The predicted octanol–water partition coefficient (Wildman–Crippen LogP) is 3.66. The number of nitrogens with one attached hydrogen (secondary N) is 1. The van der Waals surface area contributed by atoms with Crippen molar-refractivity contribution in [3.05, 3.63) is 58.9 Å². The number of halogens is 1. The lowest BCUT2D eigenvalue weighted by molar-refractivity contribution is 0.102. The Balaban J connectivity index is 1.90. The zero-order valence-corrected chi connectivity index (χ0v) is 11.5. The summed E-state index contributed by atoms with van der Waals surface area (Å²) in [6.45, 7) is 0. The number of aromatic hydroxyl groups is 1. The zero-order chi connectivity index (χ0) is 14.8. The molecule has 3 nitrogen and oxygen atoms in total. The first-order valence-electron chi connectivity index (χ1n) is 7.06. The summed E-state index contributed by atoms with van der Waals surface area (Å²) in [5, 5.41) is 12.5. The van der Waals surface area contributed by atoms with Crippen LogP contribution >= 0.6 is 0 Å². The number of phenolic OH excluding ortho intramolecular Hbond substituents is 1. The van der Waals surface area contributed by atoms with E-state index >= 15 is 0 Å². The summed E-state index contributed by atoms with van der Waals surface area (Å²) in [4.78, 5) is 12.2. The maximum absolute atomic E-state index is 13.2. The third-order valence-corrected chi connectivity index (χ3v) is 3.85. The molecule has 108 valence electrons. The van der Waals surface area contributed by atoms with Crippen LogP contribution in [0.1, 0.15) is 34.3 Å². The molecule has 0 aromatic heterocycles. The third-order valence-electron chi connectivity index (χ3n) is 3.85. The largest absolute Gasteiger partial charge is 0.507 e. The summed E-state index contributed by atoms with van der Waals surface area (Å²) in [7, 11) is 0. The highest BCUT2D eigenvalue weighted by atomic mass is 19.1. The van der Waals surface area contributed by atoms with Gasteiger partial charge in [0.25, 0.3) is 5.91 Å². The van der Waals surface area contributed by atoms with E-state index in [0.717, 1.165) is 49.1 Å². The van der Waals surface area contributed by atoms with Crippen molar-refractivity contribution < 1.29 is 14.3 Å². The summed E-state index contributed by atoms with van der Waals surface area (Å²) in [5.74, 6) is -1.27. The fourth-order valence-electron chi connectivity index (χ4n) is 2.78. The monoisotopic (exact) mass is 285 g/mol. The number of carbonyl (C=O) groups excluding carboxylic acids is 1. The molecule has 3 rings (SSSR count). The van der Waals surface area contributed by atoms with E-state index in [0.29, 0.717) is 0 Å². The van der Waals surface area contributed by atoms with E-state index in [-0.39, 0.29) is 11.3 Å². The molecular formula is C17H16FNO2. The molecule has 4 heteroatoms. The number of rotatable bonds is 2. The summed E-state index contributed by atoms with van der Waals surface area (Å²) in [5.41, 5.74) is 3.10. The topological polar surface area (TPSA) is 49.3 Å². The Kier molecular flexibility index (Phi) is 3.60. The lowest BCUT2D eigenvalue weighted by atomic mass is 9.90. The van der Waals surface area contributed by atoms with E-state index in [1.807, 2.05) is 12.1 Å². The number of hydrogen-bond acceptors (Lipinski definition) is 2. The quantitative estimate of drug-likeness (QED) is 0.884. The molecule has 2 aromatic carbocycles. The van der Waals surface area contributed by atoms with Crippen LogP contribution in [0.25, 0.3) is 0 Å². The maximum Gasteiger partial charge on any atom is 0.259 e. The molecule has 0 fully saturated rings. The van der Waals surface area contributed by atoms with Gasteiger partial charge in [-0.25, -0.2) is 4.39 Å². The van der Waals surface area contributed by atoms with Crippen molar-refractivity contribution in [3.63, 3.8) is 0 Å². The smallest absolute Gasteiger partial charge is 0.259 e. The summed E-state index contributed by atoms with van der Waals surface area (Å²) < 4.78 is 13.2. The molecule has 0 saturated carbocycles. The number of anilines is 1. The summed E-state index contributed by atoms with van der Waals surface area (Å²) in [6, 6.07) is 9.18. The van der Waals surface area contributed by atoms with Crippen LogP contribution in [0.2, 0.25) is 0 Å². The maximum atomic E-state index is 13.2. The van der Waals surface area contributed by atoms with Gasteiger partial charge in [-0.1, -0.05) is 12.1 Å². The fraction of sp³-hybridized carbons (Fsp3) is 0.235. The lowest BCUT2D eigenvalue weighted by Gasteiger charge is -2.19. The molecular weight excluding hydrogens is 269 g/mol. The number of aryl methyl sites for hydroxylation is 1. The molecule has 0 spiro atoms. The molecule has 0 unspecified atom stereocenters. The van der Waals surface area contributed by atoms with Gasteiger partial charge < -0.3 is 10.4 Å². The van der Waals surface area contributed by atoms with Crippen LogP contribution in [-0.2, 0) is 12.8 Å². The second-order valence-electron chi connectivity index (χ2n) is 5.27. The lowest BCUT2D eigenvalue weighted by Crippen LogP contribution is -2.15. The number of carbonyl (C=O) groups is 1. The summed E-state index contributed by atoms with van der Waals surface area (Å²) >= 11 is 0. The van der Waals surface area contributed by atoms with Crippen molar-refractivity contribution in [1.29, 1.82) is 0 Å². The van der Waals surface area contributed by atoms with Crippen LogP contribution in [0.3, 0.4) is 0 Å². The van der Waals surface area contributed by atoms with E-state index < -0.39 is 11.7 Å². The molecule has 1 amide bonds. The molecule has 21 heavy (non-hydrogen) atoms. The standard InChI is InChI=1S/C17H16FNO2/c18-12-8-9-16(20)14(10-12)17(21)19-15-7-3-5-11-4-1-2-6-13(11)15/h3,5,7-10,20H,1-2,4,6H2,(H,19,21). The van der Waals surface area contributed by atoms with Gasteiger partial charge >= 0.3 is 0 Å². The van der Waals surface area contributed by atoms with Gasteiger partial charge in [0.15, 0.2) is 0 Å². The Morgan fingerprint density at radius 3 is 2.81 bits per heavy atom. The Labute approximate surface area is 122 Å². The van der Waals surface area contributed by atoms with Crippen molar-refractivity contribution in [1.82, 2.24) is 0 Å². The molecule has 0 saturated heterocycles. The minimum atomic E-state index is -0.548. The molecule has 2 aromatic rings. The highest BCUT2D eigenvalue weighted by Crippen LogP contribution is 2.29. The third kappa shape index (κ3) is 2.75. The van der Waals surface area contributed by atoms with Gasteiger partial charge in [-0.3, -0.25) is 4.79 Å². The van der Waals surface area contributed by atoms with Crippen LogP contribution in [0.4, 0.5) is 10.1 Å². The van der Waals surface area contributed by atoms with Crippen LogP contribution in [0.5, 0.6) is 5.75 Å². The molecule has 0 heterocycles. The molecule has 1 aliphatic rings. The average molecular weight is 285 g/mol. The van der Waals surface area contributed by atoms with E-state index in [9.17, 15) is 14.3 Å². The minimum Gasteiger partial charge on any atom is -0.507 e. The molecule has 0 atom stereocenters. The van der Waals surface area contributed by atoms with Gasteiger partial charge in [-0.05, 0) is 61.1 Å². The summed E-state index contributed by atoms with van der Waals surface area (Å²) in [6.07, 6.45) is 4.21. The molecule has 0 bridgehead atoms. The number of fused-ring (bicyclic) bond motifs is 1. The Bertz CT molecular complexity index is 697. The first-order valence-corrected chi connectivity index (χ1v) is 7.06. The molecule has 0 radical (unpaired) electrons. The normalized spacial score (nSPS) is 13.6. The molecule has 2 N–H and O–H groups in total. The van der Waals surface area contributed by atoms with Crippen molar-refractivity contribution in [2.45, 2.75) is 25.7 Å². The highest BCUT2D eigenvalue weighted by Gasteiger charge is 2.17. The second-order valence-corrected chi connectivity index (χ2v) is 5.27. The van der Waals surface area contributed by atoms with Gasteiger partial charge in [-0.2, -0.15) is 0 Å². The number of hydrogen-bond donors (Lipinski definition) is 2. The Morgan fingerprint density at radius 2 is 1.95 bits per heavy atom. The van der Waals surface area contributed by atoms with E-state index in [1.165, 1.54) is 11.6 Å². The molecule has 1 aliphatic carbocycles. The van der Waals surface area contributed by atoms with Gasteiger partial charge in [0.1, 0.15) is 11.6 Å². The van der Waals surface area contributed by atoms with Crippen molar-refractivity contribution in [2.75, 3.05) is 5.32 Å². The first-order chi connectivity index (χ1) is 10.1. The van der Waals surface area contributed by atoms with Crippen molar-refractivity contribution >= 4 is 11.6 Å². The number of benzene rings is 2. The fourth-order valence-corrected chi connectivity index (χ4v) is 2.78. The van der Waals surface area contributed by atoms with E-state index in [1.54, 1.807) is 0 Å². The van der Waals surface area contributed by atoms with Crippen LogP contribution in [-0.4, -0.2) is 11.0 Å². The highest BCUT2D eigenvalue weighted by molar-refractivity contribution is 6.06. The van der Waals surface area contributed by atoms with E-state index in [2.05, 4.69) is 11.4 Å². The Morgan fingerprint density at radius 1 is 1.14 bits per heavy atom. The predicted molar refractivity (Wildman–Crippen MR) is 79.1 cm³/mol. The zero-order valence-electron chi connectivity index (χ0n) is 11.5. The van der Waals surface area contributed by atoms with Crippen molar-refractivity contribution in [3.8, 4) is 5.75 Å². The van der Waals surface area contributed by atoms with Gasteiger partial charge in [0.2, 0.25) is 0 Å².